The molecule has 0 aliphatic heterocycles. The summed E-state index contributed by atoms with van der Waals surface area (Å²) in [7, 11) is 0. The van der Waals surface area contributed by atoms with E-state index in [1.165, 1.54) is 13.0 Å². The van der Waals surface area contributed by atoms with E-state index in [2.05, 4.69) is 5.32 Å². The van der Waals surface area contributed by atoms with E-state index in [4.69, 9.17) is 0 Å². The molecule has 4 heteroatoms. The van der Waals surface area contributed by atoms with Crippen LogP contribution in [-0.4, -0.2) is 11.7 Å². The van der Waals surface area contributed by atoms with Gasteiger partial charge in [-0.3, -0.25) is 9.59 Å². The summed E-state index contributed by atoms with van der Waals surface area (Å²) in [4.78, 5) is 23.2. The lowest BCUT2D eigenvalue weighted by Crippen LogP contribution is -2.14. The van der Waals surface area contributed by atoms with E-state index in [9.17, 15) is 14.0 Å². The van der Waals surface area contributed by atoms with Crippen molar-refractivity contribution in [2.24, 2.45) is 0 Å². The predicted molar refractivity (Wildman–Crippen MR) is 67.3 cm³/mol. The Balaban J connectivity index is 2.63. The molecule has 96 valence electrons. The van der Waals surface area contributed by atoms with Crippen LogP contribution in [0.15, 0.2) is 6.07 Å². The first-order valence-electron chi connectivity index (χ1n) is 6.13. The van der Waals surface area contributed by atoms with Gasteiger partial charge in [-0.15, -0.1) is 0 Å². The van der Waals surface area contributed by atoms with Crippen LogP contribution in [0.4, 0.5) is 10.1 Å². The highest BCUT2D eigenvalue weighted by Crippen LogP contribution is 2.31. The number of anilines is 1. The number of carbonyl (C=O) groups excluding carboxylic acids is 2. The molecule has 2 rings (SSSR count). The lowest BCUT2D eigenvalue weighted by Gasteiger charge is -2.15. The second-order valence-corrected chi connectivity index (χ2v) is 4.70. The third-order valence-corrected chi connectivity index (χ3v) is 3.32. The van der Waals surface area contributed by atoms with Gasteiger partial charge in [-0.05, 0) is 43.4 Å². The summed E-state index contributed by atoms with van der Waals surface area (Å²) in [6, 6.07) is 1.25. The minimum atomic E-state index is -0.368. The second-order valence-electron chi connectivity index (χ2n) is 4.70. The van der Waals surface area contributed by atoms with Crippen LogP contribution in [0.1, 0.15) is 47.7 Å². The molecule has 0 fully saturated rings. The molecule has 3 nitrogen and oxygen atoms in total. The van der Waals surface area contributed by atoms with E-state index >= 15 is 0 Å². The lowest BCUT2D eigenvalue weighted by molar-refractivity contribution is -0.114. The van der Waals surface area contributed by atoms with Crippen molar-refractivity contribution in [2.45, 2.75) is 39.5 Å². The molecular weight excluding hydrogens is 233 g/mol. The number of halogens is 1. The molecule has 0 unspecified atom stereocenters. The molecule has 1 aliphatic carbocycles. The van der Waals surface area contributed by atoms with Gasteiger partial charge in [-0.25, -0.2) is 4.39 Å². The number of carbonyl (C=O) groups is 2. The van der Waals surface area contributed by atoms with Crippen molar-refractivity contribution in [2.75, 3.05) is 5.32 Å². The number of hydrogen-bond donors (Lipinski definition) is 1. The SMILES string of the molecule is CC(=O)Nc1cc(F)c(C)c2c1C(=O)CCCC2. The van der Waals surface area contributed by atoms with Crippen LogP contribution in [0.2, 0.25) is 0 Å². The quantitative estimate of drug-likeness (QED) is 0.778. The van der Waals surface area contributed by atoms with Crippen molar-refractivity contribution in [3.05, 3.63) is 28.6 Å². The largest absolute Gasteiger partial charge is 0.326 e. The maximum Gasteiger partial charge on any atom is 0.221 e. The average molecular weight is 249 g/mol. The summed E-state index contributed by atoms with van der Waals surface area (Å²) in [5.74, 6) is -0.668. The van der Waals surface area contributed by atoms with Crippen molar-refractivity contribution in [3.63, 3.8) is 0 Å². The molecule has 0 radical (unpaired) electrons. The van der Waals surface area contributed by atoms with E-state index in [1.807, 2.05) is 0 Å². The number of Topliss-reactive ketones (excluding diaryl/α,β-unsaturated/α-hetero) is 1. The first kappa shape index (κ1) is 12.7. The van der Waals surface area contributed by atoms with Crippen molar-refractivity contribution in [1.82, 2.24) is 0 Å². The molecule has 1 aromatic carbocycles. The maximum atomic E-state index is 13.8. The number of rotatable bonds is 1. The van der Waals surface area contributed by atoms with Gasteiger partial charge >= 0.3 is 0 Å². The summed E-state index contributed by atoms with van der Waals surface area (Å²) in [5.41, 5.74) is 2.09. The van der Waals surface area contributed by atoms with E-state index in [0.29, 0.717) is 29.7 Å². The van der Waals surface area contributed by atoms with Crippen LogP contribution in [0.25, 0.3) is 0 Å². The third-order valence-electron chi connectivity index (χ3n) is 3.32. The Morgan fingerprint density at radius 3 is 2.67 bits per heavy atom. The minimum absolute atomic E-state index is 0.00523. The third kappa shape index (κ3) is 2.28. The van der Waals surface area contributed by atoms with Gasteiger partial charge in [0.2, 0.25) is 5.91 Å². The molecule has 18 heavy (non-hydrogen) atoms. The van der Waals surface area contributed by atoms with Crippen LogP contribution in [0, 0.1) is 12.7 Å². The van der Waals surface area contributed by atoms with Crippen molar-refractivity contribution >= 4 is 17.4 Å². The Morgan fingerprint density at radius 2 is 2.00 bits per heavy atom. The maximum absolute atomic E-state index is 13.8. The van der Waals surface area contributed by atoms with Crippen LogP contribution in [0.3, 0.4) is 0 Å². The minimum Gasteiger partial charge on any atom is -0.326 e. The summed E-state index contributed by atoms with van der Waals surface area (Å²) in [6.45, 7) is 3.04. The summed E-state index contributed by atoms with van der Waals surface area (Å²) < 4.78 is 13.8. The zero-order valence-corrected chi connectivity index (χ0v) is 10.6. The van der Waals surface area contributed by atoms with Crippen molar-refractivity contribution < 1.29 is 14.0 Å². The van der Waals surface area contributed by atoms with Gasteiger partial charge < -0.3 is 5.32 Å². The zero-order chi connectivity index (χ0) is 13.3. The van der Waals surface area contributed by atoms with E-state index in [1.54, 1.807) is 6.92 Å². The Labute approximate surface area is 105 Å². The Kier molecular flexibility index (Phi) is 3.45. The van der Waals surface area contributed by atoms with Gasteiger partial charge in [-0.1, -0.05) is 0 Å². The molecule has 0 heterocycles. The fraction of sp³-hybridized carbons (Fsp3) is 0.429. The van der Waals surface area contributed by atoms with Crippen molar-refractivity contribution in [1.29, 1.82) is 0 Å². The smallest absolute Gasteiger partial charge is 0.221 e. The number of ketones is 1. The van der Waals surface area contributed by atoms with Crippen LogP contribution in [-0.2, 0) is 11.2 Å². The molecule has 1 N–H and O–H groups in total. The van der Waals surface area contributed by atoms with E-state index < -0.39 is 0 Å². The summed E-state index contributed by atoms with van der Waals surface area (Å²) >= 11 is 0. The molecule has 1 aromatic rings. The summed E-state index contributed by atoms with van der Waals surface area (Å²) in [5, 5.41) is 2.56. The first-order chi connectivity index (χ1) is 8.50. The van der Waals surface area contributed by atoms with Gasteiger partial charge in [-0.2, -0.15) is 0 Å². The van der Waals surface area contributed by atoms with E-state index in [0.717, 1.165) is 18.4 Å². The zero-order valence-electron chi connectivity index (χ0n) is 10.6. The highest BCUT2D eigenvalue weighted by Gasteiger charge is 2.23. The first-order valence-corrected chi connectivity index (χ1v) is 6.13. The van der Waals surface area contributed by atoms with Gasteiger partial charge in [0.05, 0.1) is 5.69 Å². The van der Waals surface area contributed by atoms with Crippen molar-refractivity contribution in [3.8, 4) is 0 Å². The molecule has 0 bridgehead atoms. The Morgan fingerprint density at radius 1 is 1.33 bits per heavy atom. The van der Waals surface area contributed by atoms with Gasteiger partial charge in [0.25, 0.3) is 0 Å². The Bertz CT molecular complexity index is 523. The molecule has 1 aliphatic rings. The Hall–Kier alpha value is -1.71. The highest BCUT2D eigenvalue weighted by molar-refractivity contribution is 6.06. The number of benzene rings is 1. The molecule has 0 saturated heterocycles. The fourth-order valence-corrected chi connectivity index (χ4v) is 2.43. The number of hydrogen-bond acceptors (Lipinski definition) is 2. The molecule has 0 saturated carbocycles. The number of nitrogens with one attached hydrogen (secondary N) is 1. The molecule has 0 atom stereocenters. The van der Waals surface area contributed by atoms with Crippen LogP contribution < -0.4 is 5.32 Å². The number of amides is 1. The van der Waals surface area contributed by atoms with Crippen LogP contribution >= 0.6 is 0 Å². The molecular formula is C14H16FNO2. The predicted octanol–water partition coefficient (Wildman–Crippen LogP) is 3.00. The number of fused-ring (bicyclic) bond motifs is 1. The summed E-state index contributed by atoms with van der Waals surface area (Å²) in [6.07, 6.45) is 2.85. The fourth-order valence-electron chi connectivity index (χ4n) is 2.43. The van der Waals surface area contributed by atoms with Crippen LogP contribution in [0.5, 0.6) is 0 Å². The standard InChI is InChI=1S/C14H16FNO2/c1-8-10-5-3-4-6-13(18)14(10)12(7-11(8)15)16-9(2)17/h7H,3-6H2,1-2H3,(H,16,17). The normalized spacial score (nSPS) is 14.9. The van der Waals surface area contributed by atoms with Gasteiger partial charge in [0, 0.05) is 18.9 Å². The van der Waals surface area contributed by atoms with Gasteiger partial charge in [0.1, 0.15) is 5.82 Å². The lowest BCUT2D eigenvalue weighted by atomic mass is 9.95. The topological polar surface area (TPSA) is 46.2 Å². The highest BCUT2D eigenvalue weighted by atomic mass is 19.1. The second kappa shape index (κ2) is 4.88. The monoisotopic (exact) mass is 249 g/mol. The molecule has 0 aromatic heterocycles. The van der Waals surface area contributed by atoms with Gasteiger partial charge in [0.15, 0.2) is 5.78 Å². The molecule has 0 spiro atoms. The molecule has 1 amide bonds. The van der Waals surface area contributed by atoms with E-state index in [-0.39, 0.29) is 17.5 Å². The average Bonchev–Trinajstić information content (AvgIpc) is 2.47.